The zero-order valence-corrected chi connectivity index (χ0v) is 17.5. The number of nitrogens with one attached hydrogen (secondary N) is 1. The molecular weight excluding hydrogens is 420 g/mol. The van der Waals surface area contributed by atoms with Gasteiger partial charge in [0.25, 0.3) is 0 Å². The summed E-state index contributed by atoms with van der Waals surface area (Å²) >= 11 is 6.02. The Bertz CT molecular complexity index is 1090. The van der Waals surface area contributed by atoms with Gasteiger partial charge in [0.05, 0.1) is 22.0 Å². The first-order chi connectivity index (χ1) is 15.1. The smallest absolute Gasteiger partial charge is 0.248 e. The number of likely N-dealkylation sites (tertiary alicyclic amines) is 1. The molecule has 0 bridgehead atoms. The van der Waals surface area contributed by atoms with Crippen molar-refractivity contribution >= 4 is 39.9 Å². The first-order valence-electron chi connectivity index (χ1n) is 10.1. The van der Waals surface area contributed by atoms with Gasteiger partial charge < -0.3 is 25.2 Å². The summed E-state index contributed by atoms with van der Waals surface area (Å²) in [5.41, 5.74) is 1.36. The summed E-state index contributed by atoms with van der Waals surface area (Å²) in [6, 6.07) is 10.3. The van der Waals surface area contributed by atoms with Crippen LogP contribution in [0.1, 0.15) is 19.3 Å². The highest BCUT2D eigenvalue weighted by Gasteiger charge is 2.27. The fraction of sp³-hybridized carbons (Fsp3) is 0.318. The van der Waals surface area contributed by atoms with Gasteiger partial charge in [-0.15, -0.1) is 0 Å². The van der Waals surface area contributed by atoms with E-state index in [2.05, 4.69) is 15.3 Å². The number of fused-ring (bicyclic) bond motifs is 1. The first-order valence-corrected chi connectivity index (χ1v) is 10.5. The van der Waals surface area contributed by atoms with Crippen molar-refractivity contribution in [3.05, 3.63) is 47.7 Å². The van der Waals surface area contributed by atoms with Crippen LogP contribution in [0.3, 0.4) is 0 Å². The fourth-order valence-electron chi connectivity index (χ4n) is 3.79. The maximum atomic E-state index is 12.1. The summed E-state index contributed by atoms with van der Waals surface area (Å²) in [5.74, 6) is 0.848. The van der Waals surface area contributed by atoms with Gasteiger partial charge in [-0.3, -0.25) is 4.79 Å². The van der Waals surface area contributed by atoms with Gasteiger partial charge in [0.15, 0.2) is 0 Å². The molecule has 1 atom stereocenters. The molecule has 3 N–H and O–H groups in total. The molecule has 1 aliphatic heterocycles. The largest absolute Gasteiger partial charge is 0.506 e. The highest BCUT2D eigenvalue weighted by Crippen LogP contribution is 2.34. The average Bonchev–Trinajstić information content (AvgIpc) is 2.80. The molecule has 1 amide bonds. The van der Waals surface area contributed by atoms with Gasteiger partial charge in [-0.2, -0.15) is 0 Å². The lowest BCUT2D eigenvalue weighted by molar-refractivity contribution is -0.138. The Morgan fingerprint density at radius 3 is 2.94 bits per heavy atom. The highest BCUT2D eigenvalue weighted by molar-refractivity contribution is 6.32. The summed E-state index contributed by atoms with van der Waals surface area (Å²) in [6.07, 6.45) is 4.22. The predicted octanol–water partition coefficient (Wildman–Crippen LogP) is 3.48. The summed E-state index contributed by atoms with van der Waals surface area (Å²) in [4.78, 5) is 22.5. The van der Waals surface area contributed by atoms with Crippen LogP contribution in [-0.4, -0.2) is 56.8 Å². The Kier molecular flexibility index (Phi) is 6.39. The molecule has 0 spiro atoms. The number of phenols is 1. The van der Waals surface area contributed by atoms with E-state index in [-0.39, 0.29) is 22.7 Å². The number of phenolic OH excluding ortho intramolecular Hbond substituents is 1. The second kappa shape index (κ2) is 9.36. The molecule has 0 aliphatic carbocycles. The lowest BCUT2D eigenvalue weighted by Gasteiger charge is -2.35. The first kappa shape index (κ1) is 21.1. The van der Waals surface area contributed by atoms with Crippen LogP contribution in [0, 0.1) is 0 Å². The van der Waals surface area contributed by atoms with Gasteiger partial charge in [0.1, 0.15) is 36.9 Å². The number of hydrogen-bond acceptors (Lipinski definition) is 7. The van der Waals surface area contributed by atoms with E-state index in [9.17, 15) is 15.0 Å². The number of carbonyl (C=O) groups is 1. The normalized spacial score (nSPS) is 16.3. The van der Waals surface area contributed by atoms with Crippen molar-refractivity contribution in [1.29, 1.82) is 0 Å². The lowest BCUT2D eigenvalue weighted by Crippen LogP contribution is -2.47. The molecule has 0 saturated carbocycles. The Morgan fingerprint density at radius 1 is 1.26 bits per heavy atom. The molecule has 2 aromatic carbocycles. The Labute approximate surface area is 184 Å². The summed E-state index contributed by atoms with van der Waals surface area (Å²) in [6.45, 7) is 0.437. The van der Waals surface area contributed by atoms with Crippen molar-refractivity contribution in [2.24, 2.45) is 0 Å². The van der Waals surface area contributed by atoms with Crippen molar-refractivity contribution in [3.8, 4) is 11.5 Å². The fourth-order valence-corrected chi connectivity index (χ4v) is 3.97. The number of aromatic hydroxyl groups is 1. The molecule has 8 nitrogen and oxygen atoms in total. The molecule has 0 unspecified atom stereocenters. The van der Waals surface area contributed by atoms with E-state index in [1.165, 1.54) is 12.4 Å². The SMILES string of the molecule is O=C(CO)N1CCCC[C@@H]1COc1cccc2ncnc(Nc3ccc(O)c(Cl)c3)c12. The third kappa shape index (κ3) is 4.65. The molecule has 31 heavy (non-hydrogen) atoms. The number of piperidine rings is 1. The Balaban J connectivity index is 1.60. The molecular formula is C22H23ClN4O4. The number of aliphatic hydroxyl groups is 1. The number of halogens is 1. The highest BCUT2D eigenvalue weighted by atomic mass is 35.5. The number of aromatic nitrogens is 2. The van der Waals surface area contributed by atoms with Crippen LogP contribution >= 0.6 is 11.6 Å². The zero-order chi connectivity index (χ0) is 21.8. The van der Waals surface area contributed by atoms with Gasteiger partial charge in [0.2, 0.25) is 5.91 Å². The van der Waals surface area contributed by atoms with Crippen LogP contribution in [0.25, 0.3) is 10.9 Å². The summed E-state index contributed by atoms with van der Waals surface area (Å²) < 4.78 is 6.14. The minimum Gasteiger partial charge on any atom is -0.506 e. The maximum absolute atomic E-state index is 12.1. The van der Waals surface area contributed by atoms with Crippen molar-refractivity contribution in [2.45, 2.75) is 25.3 Å². The van der Waals surface area contributed by atoms with Crippen LogP contribution in [-0.2, 0) is 4.79 Å². The number of amides is 1. The van der Waals surface area contributed by atoms with Gasteiger partial charge in [-0.25, -0.2) is 9.97 Å². The van der Waals surface area contributed by atoms with E-state index in [0.717, 1.165) is 19.3 Å². The molecule has 9 heteroatoms. The van der Waals surface area contributed by atoms with Gasteiger partial charge in [0, 0.05) is 12.2 Å². The van der Waals surface area contributed by atoms with Crippen LogP contribution in [0.4, 0.5) is 11.5 Å². The number of benzene rings is 2. The third-order valence-electron chi connectivity index (χ3n) is 5.35. The number of ether oxygens (including phenoxy) is 1. The Morgan fingerprint density at radius 2 is 2.13 bits per heavy atom. The van der Waals surface area contributed by atoms with Gasteiger partial charge in [-0.05, 0) is 49.6 Å². The zero-order valence-electron chi connectivity index (χ0n) is 16.8. The average molecular weight is 443 g/mol. The molecule has 1 aliphatic rings. The van der Waals surface area contributed by atoms with Crippen molar-refractivity contribution in [3.63, 3.8) is 0 Å². The maximum Gasteiger partial charge on any atom is 0.248 e. The molecule has 2 heterocycles. The molecule has 162 valence electrons. The number of carbonyl (C=O) groups excluding carboxylic acids is 1. The second-order valence-electron chi connectivity index (χ2n) is 7.37. The monoisotopic (exact) mass is 442 g/mol. The molecule has 0 radical (unpaired) electrons. The number of aliphatic hydroxyl groups excluding tert-OH is 1. The van der Waals surface area contributed by atoms with Crippen molar-refractivity contribution < 1.29 is 19.7 Å². The van der Waals surface area contributed by atoms with Crippen LogP contribution in [0.2, 0.25) is 5.02 Å². The van der Waals surface area contributed by atoms with Crippen LogP contribution in [0.5, 0.6) is 11.5 Å². The standard InChI is InChI=1S/C22H23ClN4O4/c23-16-10-14(7-8-18(16)29)26-22-21-17(24-13-25-22)5-3-6-19(21)31-12-15-4-1-2-9-27(15)20(30)11-28/h3,5-8,10,13,15,28-29H,1-2,4,9,11-12H2,(H,24,25,26)/t15-/m1/s1. The summed E-state index contributed by atoms with van der Waals surface area (Å²) in [5, 5.41) is 23.0. The second-order valence-corrected chi connectivity index (χ2v) is 7.78. The van der Waals surface area contributed by atoms with E-state index in [0.29, 0.717) is 41.3 Å². The quantitative estimate of drug-likeness (QED) is 0.501. The topological polar surface area (TPSA) is 108 Å². The number of hydrogen-bond donors (Lipinski definition) is 3. The minimum absolute atomic E-state index is 0.00162. The molecule has 1 saturated heterocycles. The van der Waals surface area contributed by atoms with E-state index in [1.54, 1.807) is 17.0 Å². The summed E-state index contributed by atoms with van der Waals surface area (Å²) in [7, 11) is 0. The van der Waals surface area contributed by atoms with E-state index < -0.39 is 6.61 Å². The van der Waals surface area contributed by atoms with Crippen LogP contribution < -0.4 is 10.1 Å². The van der Waals surface area contributed by atoms with Gasteiger partial charge in [-0.1, -0.05) is 17.7 Å². The van der Waals surface area contributed by atoms with Crippen molar-refractivity contribution in [2.75, 3.05) is 25.1 Å². The molecule has 3 aromatic rings. The van der Waals surface area contributed by atoms with E-state index in [4.69, 9.17) is 16.3 Å². The lowest BCUT2D eigenvalue weighted by atomic mass is 10.0. The third-order valence-corrected chi connectivity index (χ3v) is 5.65. The Hall–Kier alpha value is -3.10. The van der Waals surface area contributed by atoms with E-state index in [1.807, 2.05) is 18.2 Å². The molecule has 1 aromatic heterocycles. The minimum atomic E-state index is -0.498. The number of nitrogens with zero attached hydrogens (tertiary/aromatic N) is 3. The number of anilines is 2. The predicted molar refractivity (Wildman–Crippen MR) is 118 cm³/mol. The van der Waals surface area contributed by atoms with Crippen LogP contribution in [0.15, 0.2) is 42.7 Å². The van der Waals surface area contributed by atoms with Crippen molar-refractivity contribution in [1.82, 2.24) is 14.9 Å². The molecule has 1 fully saturated rings. The molecule has 4 rings (SSSR count). The number of rotatable bonds is 6. The van der Waals surface area contributed by atoms with E-state index >= 15 is 0 Å². The van der Waals surface area contributed by atoms with Gasteiger partial charge >= 0.3 is 0 Å².